The van der Waals surface area contributed by atoms with Gasteiger partial charge in [0.15, 0.2) is 0 Å². The second-order valence-electron chi connectivity index (χ2n) is 8.00. The van der Waals surface area contributed by atoms with Crippen LogP contribution in [0.1, 0.15) is 28.0 Å². The van der Waals surface area contributed by atoms with Gasteiger partial charge >= 0.3 is 0 Å². The number of carbonyl (C=O) groups excluding carboxylic acids is 1. The minimum atomic E-state index is -0.322. The molecule has 0 unspecified atom stereocenters. The monoisotopic (exact) mass is 451 g/mol. The summed E-state index contributed by atoms with van der Waals surface area (Å²) in [7, 11) is 0. The van der Waals surface area contributed by atoms with E-state index in [1.165, 1.54) is 0 Å². The van der Waals surface area contributed by atoms with Gasteiger partial charge in [0.05, 0.1) is 5.92 Å². The van der Waals surface area contributed by atoms with Crippen molar-refractivity contribution in [3.63, 3.8) is 0 Å². The van der Waals surface area contributed by atoms with E-state index >= 15 is 0 Å². The number of hydrogen-bond acceptors (Lipinski definition) is 3. The van der Waals surface area contributed by atoms with Crippen LogP contribution in [-0.4, -0.2) is 23.1 Å². The van der Waals surface area contributed by atoms with Crippen molar-refractivity contribution < 1.29 is 9.53 Å². The lowest BCUT2D eigenvalue weighted by Gasteiger charge is -2.29. The van der Waals surface area contributed by atoms with E-state index in [1.807, 2.05) is 108 Å². The van der Waals surface area contributed by atoms with E-state index in [0.29, 0.717) is 0 Å². The van der Waals surface area contributed by atoms with Crippen molar-refractivity contribution in [2.75, 3.05) is 12.3 Å². The smallest absolute Gasteiger partial charge is 0.235 e. The van der Waals surface area contributed by atoms with Crippen LogP contribution in [0.15, 0.2) is 115 Å². The molecule has 0 radical (unpaired) electrons. The molecule has 0 saturated carbocycles. The molecule has 0 N–H and O–H groups in total. The lowest BCUT2D eigenvalue weighted by molar-refractivity contribution is -0.132. The number of thioether (sulfide) groups is 1. The number of para-hydroxylation sites is 1. The molecule has 1 amide bonds. The number of nitrogens with zero attached hydrogens (tertiary/aromatic N) is 1. The number of ether oxygens (including phenoxy) is 1. The van der Waals surface area contributed by atoms with E-state index in [4.69, 9.17) is 4.74 Å². The first-order valence-electron chi connectivity index (χ1n) is 11.1. The second-order valence-corrected chi connectivity index (χ2v) is 9.18. The predicted molar refractivity (Wildman–Crippen MR) is 135 cm³/mol. The van der Waals surface area contributed by atoms with Crippen molar-refractivity contribution in [1.82, 2.24) is 4.90 Å². The minimum absolute atomic E-state index is 0.0354. The van der Waals surface area contributed by atoms with Crippen LogP contribution in [0, 0.1) is 0 Å². The number of rotatable bonds is 6. The van der Waals surface area contributed by atoms with Gasteiger partial charge in [-0.25, -0.2) is 0 Å². The highest BCUT2D eigenvalue weighted by atomic mass is 32.2. The summed E-state index contributed by atoms with van der Waals surface area (Å²) in [6.07, 6.45) is 0. The molecule has 164 valence electrons. The topological polar surface area (TPSA) is 29.5 Å². The fourth-order valence-electron chi connectivity index (χ4n) is 4.26. The zero-order valence-electron chi connectivity index (χ0n) is 18.2. The molecule has 0 aliphatic carbocycles. The Labute approximate surface area is 199 Å². The molecule has 33 heavy (non-hydrogen) atoms. The summed E-state index contributed by atoms with van der Waals surface area (Å²) in [6, 6.07) is 38.0. The number of carbonyl (C=O) groups is 1. The minimum Gasteiger partial charge on any atom is -0.457 e. The first kappa shape index (κ1) is 21.4. The van der Waals surface area contributed by atoms with Crippen LogP contribution >= 0.6 is 11.8 Å². The fourth-order valence-corrected chi connectivity index (χ4v) is 5.52. The molecule has 0 bridgehead atoms. The first-order valence-corrected chi connectivity index (χ1v) is 12.2. The molecule has 1 saturated heterocycles. The van der Waals surface area contributed by atoms with Crippen molar-refractivity contribution in [2.24, 2.45) is 0 Å². The van der Waals surface area contributed by atoms with Gasteiger partial charge in [0.1, 0.15) is 16.9 Å². The molecule has 0 spiro atoms. The molecule has 4 aromatic rings. The van der Waals surface area contributed by atoms with Gasteiger partial charge in [-0.05, 0) is 41.0 Å². The van der Waals surface area contributed by atoms with E-state index in [0.717, 1.165) is 40.5 Å². The Morgan fingerprint density at radius 2 is 1.33 bits per heavy atom. The number of amides is 1. The SMILES string of the molecule is O=C(C(c1ccccc1)c1ccccc1)N1CCS[C@H]1c1cccc(Oc2ccccc2)c1. The summed E-state index contributed by atoms with van der Waals surface area (Å²) >= 11 is 1.80. The Balaban J connectivity index is 1.44. The van der Waals surface area contributed by atoms with Gasteiger partial charge in [-0.2, -0.15) is 0 Å². The molecule has 0 aromatic heterocycles. The van der Waals surface area contributed by atoms with Gasteiger partial charge in [-0.3, -0.25) is 4.79 Å². The Morgan fingerprint density at radius 3 is 1.97 bits per heavy atom. The van der Waals surface area contributed by atoms with Crippen LogP contribution in [-0.2, 0) is 4.79 Å². The molecule has 1 aliphatic heterocycles. The Morgan fingerprint density at radius 1 is 0.758 bits per heavy atom. The van der Waals surface area contributed by atoms with Crippen molar-refractivity contribution in [2.45, 2.75) is 11.3 Å². The largest absolute Gasteiger partial charge is 0.457 e. The summed E-state index contributed by atoms with van der Waals surface area (Å²) < 4.78 is 6.05. The van der Waals surface area contributed by atoms with Gasteiger partial charge < -0.3 is 9.64 Å². The van der Waals surface area contributed by atoms with E-state index in [-0.39, 0.29) is 17.2 Å². The summed E-state index contributed by atoms with van der Waals surface area (Å²) in [5.41, 5.74) is 3.12. The van der Waals surface area contributed by atoms with Gasteiger partial charge in [-0.1, -0.05) is 91.0 Å². The maximum atomic E-state index is 14.0. The molecule has 1 aliphatic rings. The van der Waals surface area contributed by atoms with Gasteiger partial charge in [0, 0.05) is 12.3 Å². The van der Waals surface area contributed by atoms with E-state index in [1.54, 1.807) is 11.8 Å². The highest BCUT2D eigenvalue weighted by molar-refractivity contribution is 7.99. The van der Waals surface area contributed by atoms with Gasteiger partial charge in [0.2, 0.25) is 5.91 Å². The van der Waals surface area contributed by atoms with Gasteiger partial charge in [-0.15, -0.1) is 11.8 Å². The summed E-state index contributed by atoms with van der Waals surface area (Å²) in [4.78, 5) is 16.0. The first-order chi connectivity index (χ1) is 16.3. The zero-order valence-corrected chi connectivity index (χ0v) is 19.0. The van der Waals surface area contributed by atoms with Crippen molar-refractivity contribution >= 4 is 17.7 Å². The third kappa shape index (κ3) is 4.81. The van der Waals surface area contributed by atoms with Crippen LogP contribution < -0.4 is 4.74 Å². The second kappa shape index (κ2) is 9.97. The molecule has 3 nitrogen and oxygen atoms in total. The predicted octanol–water partition coefficient (Wildman–Crippen LogP) is 6.89. The van der Waals surface area contributed by atoms with Crippen molar-refractivity contribution in [3.8, 4) is 11.5 Å². The molecule has 5 rings (SSSR count). The maximum absolute atomic E-state index is 14.0. The molecule has 1 fully saturated rings. The molecule has 1 atom stereocenters. The number of benzene rings is 4. The molecular weight excluding hydrogens is 426 g/mol. The lowest BCUT2D eigenvalue weighted by Crippen LogP contribution is -2.35. The summed E-state index contributed by atoms with van der Waals surface area (Å²) in [5.74, 6) is 2.31. The lowest BCUT2D eigenvalue weighted by atomic mass is 9.90. The Bertz CT molecular complexity index is 1160. The van der Waals surface area contributed by atoms with Crippen LogP contribution in [0.4, 0.5) is 0 Å². The van der Waals surface area contributed by atoms with Crippen molar-refractivity contribution in [3.05, 3.63) is 132 Å². The Hall–Kier alpha value is -3.50. The van der Waals surface area contributed by atoms with Crippen LogP contribution in [0.2, 0.25) is 0 Å². The number of hydrogen-bond donors (Lipinski definition) is 0. The summed E-state index contributed by atoms with van der Waals surface area (Å²) in [6.45, 7) is 0.730. The normalized spacial score (nSPS) is 15.5. The quantitative estimate of drug-likeness (QED) is 0.320. The third-order valence-corrected chi connectivity index (χ3v) is 7.07. The molecule has 1 heterocycles. The summed E-state index contributed by atoms with van der Waals surface area (Å²) in [5, 5.41) is -0.0354. The molecular formula is C29H25NO2S. The average Bonchev–Trinajstić information content (AvgIpc) is 3.37. The van der Waals surface area contributed by atoms with Crippen molar-refractivity contribution in [1.29, 1.82) is 0 Å². The average molecular weight is 452 g/mol. The maximum Gasteiger partial charge on any atom is 0.235 e. The molecule has 4 heteroatoms. The van der Waals surface area contributed by atoms with Gasteiger partial charge in [0.25, 0.3) is 0 Å². The molecule has 4 aromatic carbocycles. The van der Waals surface area contributed by atoms with E-state index < -0.39 is 0 Å². The van der Waals surface area contributed by atoms with Crippen LogP contribution in [0.25, 0.3) is 0 Å². The Kier molecular flexibility index (Phi) is 6.45. The standard InChI is InChI=1S/C29H25NO2S/c31-28(27(22-11-4-1-5-12-22)23-13-6-2-7-14-23)30-19-20-33-29(30)24-15-10-18-26(21-24)32-25-16-8-3-9-17-25/h1-18,21,27,29H,19-20H2/t29-/m0/s1. The highest BCUT2D eigenvalue weighted by Crippen LogP contribution is 2.42. The third-order valence-electron chi connectivity index (χ3n) is 5.81. The van der Waals surface area contributed by atoms with E-state index in [2.05, 4.69) is 12.1 Å². The zero-order chi connectivity index (χ0) is 22.5. The van der Waals surface area contributed by atoms with E-state index in [9.17, 15) is 4.79 Å². The van der Waals surface area contributed by atoms with Crippen LogP contribution in [0.5, 0.6) is 11.5 Å². The fraction of sp³-hybridized carbons (Fsp3) is 0.138. The highest BCUT2D eigenvalue weighted by Gasteiger charge is 2.36. The van der Waals surface area contributed by atoms with Crippen LogP contribution in [0.3, 0.4) is 0 Å².